The monoisotopic (exact) mass is 416 g/mol. The topological polar surface area (TPSA) is 51.3 Å². The largest absolute Gasteiger partial charge is 0.346 e. The van der Waals surface area contributed by atoms with Crippen LogP contribution in [0.25, 0.3) is 22.5 Å². The predicted octanol–water partition coefficient (Wildman–Crippen LogP) is 4.92. The molecule has 30 heavy (non-hydrogen) atoms. The third-order valence-electron chi connectivity index (χ3n) is 4.85. The average Bonchev–Trinajstić information content (AvgIpc) is 3.52. The van der Waals surface area contributed by atoms with Gasteiger partial charge in [-0.3, -0.25) is 4.79 Å². The SMILES string of the molecule is O=C(NCc1cccs1)c1ccn(-c2ccc3ccc(-c4cccc(F)c4)cn23)n1. The maximum Gasteiger partial charge on any atom is 0.272 e. The van der Waals surface area contributed by atoms with Crippen molar-refractivity contribution in [1.29, 1.82) is 0 Å². The second-order valence-corrected chi connectivity index (χ2v) is 7.85. The van der Waals surface area contributed by atoms with Crippen LogP contribution in [0, 0.1) is 5.82 Å². The van der Waals surface area contributed by atoms with Crippen LogP contribution in [0.5, 0.6) is 0 Å². The second kappa shape index (κ2) is 7.61. The number of halogens is 1. The molecule has 0 aliphatic carbocycles. The average molecular weight is 416 g/mol. The van der Waals surface area contributed by atoms with E-state index in [1.165, 1.54) is 12.1 Å². The maximum atomic E-state index is 13.6. The number of carbonyl (C=O) groups excluding carboxylic acids is 1. The number of rotatable bonds is 5. The van der Waals surface area contributed by atoms with Crippen LogP contribution in [-0.4, -0.2) is 20.1 Å². The minimum Gasteiger partial charge on any atom is -0.346 e. The van der Waals surface area contributed by atoms with E-state index >= 15 is 0 Å². The van der Waals surface area contributed by atoms with Gasteiger partial charge >= 0.3 is 0 Å². The van der Waals surface area contributed by atoms with E-state index in [4.69, 9.17) is 0 Å². The molecule has 0 spiro atoms. The molecule has 148 valence electrons. The van der Waals surface area contributed by atoms with E-state index in [9.17, 15) is 9.18 Å². The van der Waals surface area contributed by atoms with Gasteiger partial charge in [0.1, 0.15) is 11.6 Å². The number of thiophene rings is 1. The molecule has 4 heterocycles. The summed E-state index contributed by atoms with van der Waals surface area (Å²) in [6.07, 6.45) is 3.70. The molecule has 0 saturated heterocycles. The molecule has 1 N–H and O–H groups in total. The smallest absolute Gasteiger partial charge is 0.272 e. The van der Waals surface area contributed by atoms with Crippen LogP contribution in [0.3, 0.4) is 0 Å². The zero-order chi connectivity index (χ0) is 20.5. The molecule has 0 saturated carbocycles. The molecule has 0 bridgehead atoms. The first-order valence-corrected chi connectivity index (χ1v) is 10.3. The fourth-order valence-electron chi connectivity index (χ4n) is 3.36. The molecule has 4 aromatic heterocycles. The van der Waals surface area contributed by atoms with Crippen LogP contribution in [0.2, 0.25) is 0 Å². The lowest BCUT2D eigenvalue weighted by Crippen LogP contribution is -2.23. The Bertz CT molecular complexity index is 1340. The maximum absolute atomic E-state index is 13.6. The molecular weight excluding hydrogens is 399 g/mol. The van der Waals surface area contributed by atoms with Crippen LogP contribution in [0.4, 0.5) is 4.39 Å². The summed E-state index contributed by atoms with van der Waals surface area (Å²) in [5.74, 6) is 0.301. The van der Waals surface area contributed by atoms with E-state index < -0.39 is 0 Å². The van der Waals surface area contributed by atoms with E-state index in [1.807, 2.05) is 58.4 Å². The molecule has 1 amide bonds. The van der Waals surface area contributed by atoms with Gasteiger partial charge in [-0.25, -0.2) is 9.07 Å². The number of pyridine rings is 1. The number of hydrogen-bond acceptors (Lipinski definition) is 3. The minimum atomic E-state index is -0.273. The first kappa shape index (κ1) is 18.3. The van der Waals surface area contributed by atoms with Crippen molar-refractivity contribution in [2.75, 3.05) is 0 Å². The van der Waals surface area contributed by atoms with Crippen LogP contribution in [-0.2, 0) is 6.54 Å². The zero-order valence-electron chi connectivity index (χ0n) is 15.8. The molecule has 5 rings (SSSR count). The van der Waals surface area contributed by atoms with Gasteiger partial charge in [0.25, 0.3) is 5.91 Å². The Balaban J connectivity index is 1.43. The van der Waals surface area contributed by atoms with Gasteiger partial charge in [0.05, 0.1) is 6.54 Å². The van der Waals surface area contributed by atoms with Crippen molar-refractivity contribution in [3.63, 3.8) is 0 Å². The Labute approximate surface area is 176 Å². The highest BCUT2D eigenvalue weighted by atomic mass is 32.1. The number of amides is 1. The molecule has 0 radical (unpaired) electrons. The second-order valence-electron chi connectivity index (χ2n) is 6.82. The van der Waals surface area contributed by atoms with Gasteiger partial charge in [0.15, 0.2) is 5.69 Å². The van der Waals surface area contributed by atoms with Crippen LogP contribution in [0.1, 0.15) is 15.4 Å². The minimum absolute atomic E-state index is 0.219. The van der Waals surface area contributed by atoms with E-state index in [0.717, 1.165) is 27.3 Å². The quantitative estimate of drug-likeness (QED) is 0.442. The van der Waals surface area contributed by atoms with Gasteiger partial charge in [0.2, 0.25) is 0 Å². The molecule has 5 nitrogen and oxygen atoms in total. The first-order valence-electron chi connectivity index (χ1n) is 9.41. The molecule has 7 heteroatoms. The highest BCUT2D eigenvalue weighted by Gasteiger charge is 2.12. The standard InChI is InChI=1S/C23H17FN4OS/c24-18-4-1-3-16(13-18)17-6-7-19-8-9-22(27(19)15-17)28-11-10-21(26-28)23(29)25-14-20-5-2-12-30-20/h1-13,15H,14H2,(H,25,29). The van der Waals surface area contributed by atoms with E-state index in [0.29, 0.717) is 12.2 Å². The van der Waals surface area contributed by atoms with E-state index in [2.05, 4.69) is 10.4 Å². The molecular formula is C23H17FN4OS. The van der Waals surface area contributed by atoms with Crippen molar-refractivity contribution >= 4 is 22.8 Å². The first-order chi connectivity index (χ1) is 14.7. The molecule has 0 fully saturated rings. The number of fused-ring (bicyclic) bond motifs is 1. The lowest BCUT2D eigenvalue weighted by Gasteiger charge is -2.07. The third-order valence-corrected chi connectivity index (χ3v) is 5.72. The number of hydrogen-bond donors (Lipinski definition) is 1. The highest BCUT2D eigenvalue weighted by Crippen LogP contribution is 2.23. The van der Waals surface area contributed by atoms with Gasteiger partial charge in [0, 0.05) is 22.8 Å². The highest BCUT2D eigenvalue weighted by molar-refractivity contribution is 7.09. The fourth-order valence-corrected chi connectivity index (χ4v) is 4.00. The zero-order valence-corrected chi connectivity index (χ0v) is 16.6. The number of carbonyl (C=O) groups is 1. The lowest BCUT2D eigenvalue weighted by atomic mass is 10.1. The van der Waals surface area contributed by atoms with Crippen molar-refractivity contribution in [2.45, 2.75) is 6.54 Å². The molecule has 0 unspecified atom stereocenters. The van der Waals surface area contributed by atoms with E-state index in [-0.39, 0.29) is 11.7 Å². The van der Waals surface area contributed by atoms with Gasteiger partial charge in [-0.15, -0.1) is 11.3 Å². The molecule has 0 aliphatic rings. The summed E-state index contributed by atoms with van der Waals surface area (Å²) in [6, 6.07) is 20.0. The summed E-state index contributed by atoms with van der Waals surface area (Å²) in [5.41, 5.74) is 3.01. The van der Waals surface area contributed by atoms with Crippen LogP contribution >= 0.6 is 11.3 Å². The number of nitrogens with one attached hydrogen (secondary N) is 1. The molecule has 5 aromatic rings. The number of benzene rings is 1. The summed E-state index contributed by atoms with van der Waals surface area (Å²) in [5, 5.41) is 9.31. The summed E-state index contributed by atoms with van der Waals surface area (Å²) in [4.78, 5) is 13.5. The van der Waals surface area contributed by atoms with Crippen LogP contribution < -0.4 is 5.32 Å². The predicted molar refractivity (Wildman–Crippen MR) is 115 cm³/mol. The normalized spacial score (nSPS) is 11.1. The van der Waals surface area contributed by atoms with Crippen molar-refractivity contribution in [3.8, 4) is 16.9 Å². The molecule has 0 atom stereocenters. The fraction of sp³-hybridized carbons (Fsp3) is 0.0435. The van der Waals surface area contributed by atoms with Crippen molar-refractivity contribution in [1.82, 2.24) is 19.5 Å². The van der Waals surface area contributed by atoms with Crippen molar-refractivity contribution < 1.29 is 9.18 Å². The van der Waals surface area contributed by atoms with Crippen molar-refractivity contribution in [2.24, 2.45) is 0 Å². The number of nitrogens with zero attached hydrogens (tertiary/aromatic N) is 3. The van der Waals surface area contributed by atoms with Crippen LogP contribution in [0.15, 0.2) is 84.5 Å². The van der Waals surface area contributed by atoms with Gasteiger partial charge in [-0.1, -0.05) is 24.3 Å². The molecule has 1 aromatic carbocycles. The molecule has 0 aliphatic heterocycles. The third kappa shape index (κ3) is 3.51. The Hall–Kier alpha value is -3.71. The van der Waals surface area contributed by atoms with Gasteiger partial charge in [-0.05, 0) is 59.0 Å². The summed E-state index contributed by atoms with van der Waals surface area (Å²) in [6.45, 7) is 0.481. The Kier molecular flexibility index (Phi) is 4.65. The Morgan fingerprint density at radius 3 is 2.77 bits per heavy atom. The number of aromatic nitrogens is 3. The Morgan fingerprint density at radius 2 is 1.93 bits per heavy atom. The summed E-state index contributed by atoms with van der Waals surface area (Å²) < 4.78 is 17.3. The van der Waals surface area contributed by atoms with Crippen molar-refractivity contribution in [3.05, 3.63) is 101 Å². The van der Waals surface area contributed by atoms with Gasteiger partial charge in [-0.2, -0.15) is 5.10 Å². The Morgan fingerprint density at radius 1 is 1.03 bits per heavy atom. The summed E-state index contributed by atoms with van der Waals surface area (Å²) >= 11 is 1.60. The lowest BCUT2D eigenvalue weighted by molar-refractivity contribution is 0.0946. The van der Waals surface area contributed by atoms with E-state index in [1.54, 1.807) is 34.3 Å². The van der Waals surface area contributed by atoms with Gasteiger partial charge < -0.3 is 9.72 Å². The summed E-state index contributed by atoms with van der Waals surface area (Å²) in [7, 11) is 0.